The zero-order chi connectivity index (χ0) is 28.9. The van der Waals surface area contributed by atoms with Crippen LogP contribution in [-0.4, -0.2) is 101 Å². The second kappa shape index (κ2) is 16.4. The molecule has 0 bridgehead atoms. The van der Waals surface area contributed by atoms with Gasteiger partial charge in [0, 0.05) is 25.7 Å². The molecule has 0 aromatic carbocycles. The Morgan fingerprint density at radius 1 is 0.463 bits per heavy atom. The van der Waals surface area contributed by atoms with E-state index < -0.39 is 29.3 Å². The van der Waals surface area contributed by atoms with Gasteiger partial charge in [-0.2, -0.15) is 0 Å². The summed E-state index contributed by atoms with van der Waals surface area (Å²) in [4.78, 5) is 50.1. The summed E-state index contributed by atoms with van der Waals surface area (Å²) in [5.74, 6) is -1.73. The lowest BCUT2D eigenvalue weighted by Crippen LogP contribution is -2.44. The van der Waals surface area contributed by atoms with Gasteiger partial charge in [0.1, 0.15) is 31.8 Å². The van der Waals surface area contributed by atoms with Crippen LogP contribution in [-0.2, 0) is 57.1 Å². The first-order valence-corrected chi connectivity index (χ1v) is 15.0. The Balaban J connectivity index is 1.31. The van der Waals surface area contributed by atoms with E-state index in [9.17, 15) is 19.2 Å². The molecular weight excluding hydrogens is 540 g/mol. The smallest absolute Gasteiger partial charge is 0.305 e. The first kappa shape index (κ1) is 31.7. The fourth-order valence-corrected chi connectivity index (χ4v) is 4.31. The molecule has 4 unspecified atom stereocenters. The maximum atomic E-state index is 12.5. The molecule has 41 heavy (non-hydrogen) atoms. The van der Waals surface area contributed by atoms with Crippen molar-refractivity contribution < 1.29 is 57.1 Å². The Kier molecular flexibility index (Phi) is 12.6. The quantitative estimate of drug-likeness (QED) is 0.0929. The van der Waals surface area contributed by atoms with E-state index in [0.717, 1.165) is 52.1 Å². The molecule has 0 aromatic heterocycles. The van der Waals surface area contributed by atoms with Crippen LogP contribution in [0.2, 0.25) is 0 Å². The van der Waals surface area contributed by atoms with E-state index in [-0.39, 0.29) is 76.5 Å². The number of carbonyl (C=O) groups is 4. The van der Waals surface area contributed by atoms with Crippen molar-refractivity contribution >= 4 is 23.9 Å². The number of hydrogen-bond donors (Lipinski definition) is 0. The van der Waals surface area contributed by atoms with E-state index in [4.69, 9.17) is 37.9 Å². The molecule has 0 N–H and O–H groups in total. The van der Waals surface area contributed by atoms with Crippen LogP contribution in [0.5, 0.6) is 0 Å². The second-order valence-corrected chi connectivity index (χ2v) is 11.5. The molecule has 12 heteroatoms. The lowest BCUT2D eigenvalue weighted by molar-refractivity contribution is -0.170. The van der Waals surface area contributed by atoms with Crippen LogP contribution in [0.25, 0.3) is 0 Å². The van der Waals surface area contributed by atoms with E-state index in [1.54, 1.807) is 0 Å². The Morgan fingerprint density at radius 2 is 0.683 bits per heavy atom. The predicted molar refractivity (Wildman–Crippen MR) is 141 cm³/mol. The van der Waals surface area contributed by atoms with E-state index in [2.05, 4.69) is 0 Å². The number of rotatable bonds is 24. The third-order valence-electron chi connectivity index (χ3n) is 7.39. The van der Waals surface area contributed by atoms with Crippen LogP contribution < -0.4 is 0 Å². The lowest BCUT2D eigenvalue weighted by atomic mass is 9.92. The summed E-state index contributed by atoms with van der Waals surface area (Å²) in [6, 6.07) is 0. The van der Waals surface area contributed by atoms with Gasteiger partial charge in [0.15, 0.2) is 0 Å². The van der Waals surface area contributed by atoms with Crippen LogP contribution in [0.1, 0.15) is 77.0 Å². The molecule has 0 aromatic rings. The molecule has 12 nitrogen and oxygen atoms in total. The fraction of sp³-hybridized carbons (Fsp3) is 0.862. The van der Waals surface area contributed by atoms with E-state index in [0.29, 0.717) is 25.7 Å². The molecule has 0 saturated carbocycles. The van der Waals surface area contributed by atoms with E-state index in [1.807, 2.05) is 0 Å². The first-order valence-electron chi connectivity index (χ1n) is 15.0. The highest BCUT2D eigenvalue weighted by Gasteiger charge is 2.38. The molecular formula is C29H44O12. The SMILES string of the molecule is O=C(CCCC1CO1)OCC(COC(=O)CCCC1CO1)(COC(=O)CCCC1CO1)COC(=O)CCCC1CO1. The van der Waals surface area contributed by atoms with Crippen molar-refractivity contribution in [1.29, 1.82) is 0 Å². The first-order chi connectivity index (χ1) is 19.9. The average Bonchev–Trinajstić information content (AvgIpc) is 3.76. The highest BCUT2D eigenvalue weighted by atomic mass is 16.6. The zero-order valence-electron chi connectivity index (χ0n) is 23.9. The van der Waals surface area contributed by atoms with Gasteiger partial charge < -0.3 is 37.9 Å². The van der Waals surface area contributed by atoms with Gasteiger partial charge in [-0.3, -0.25) is 19.2 Å². The molecule has 4 fully saturated rings. The summed E-state index contributed by atoms with van der Waals surface area (Å²) in [6.07, 6.45) is 7.23. The van der Waals surface area contributed by atoms with Gasteiger partial charge in [-0.15, -0.1) is 0 Å². The molecule has 4 aliphatic heterocycles. The van der Waals surface area contributed by atoms with Crippen LogP contribution in [0.15, 0.2) is 0 Å². The average molecular weight is 585 g/mol. The monoisotopic (exact) mass is 584 g/mol. The minimum absolute atomic E-state index is 0.199. The number of carbonyl (C=O) groups excluding carboxylic acids is 4. The summed E-state index contributed by atoms with van der Waals surface area (Å²) in [5.41, 5.74) is -1.24. The maximum absolute atomic E-state index is 12.5. The van der Waals surface area contributed by atoms with Crippen molar-refractivity contribution in [3.05, 3.63) is 0 Å². The molecule has 4 heterocycles. The summed E-state index contributed by atoms with van der Waals surface area (Å²) in [5, 5.41) is 0. The van der Waals surface area contributed by atoms with Crippen LogP contribution in [0.4, 0.5) is 0 Å². The maximum Gasteiger partial charge on any atom is 0.305 e. The van der Waals surface area contributed by atoms with Gasteiger partial charge in [0.2, 0.25) is 0 Å². The van der Waals surface area contributed by atoms with Gasteiger partial charge >= 0.3 is 23.9 Å². The Labute approximate surface area is 240 Å². The summed E-state index contributed by atoms with van der Waals surface area (Å²) in [6.45, 7) is 1.93. The van der Waals surface area contributed by atoms with Crippen molar-refractivity contribution in [3.63, 3.8) is 0 Å². The fourth-order valence-electron chi connectivity index (χ4n) is 4.31. The van der Waals surface area contributed by atoms with Gasteiger partial charge in [0.25, 0.3) is 0 Å². The topological polar surface area (TPSA) is 155 Å². The summed E-state index contributed by atoms with van der Waals surface area (Å²) >= 11 is 0. The molecule has 0 amide bonds. The number of esters is 4. The Hall–Kier alpha value is -2.28. The van der Waals surface area contributed by atoms with Crippen LogP contribution in [0, 0.1) is 5.41 Å². The molecule has 4 saturated heterocycles. The third-order valence-corrected chi connectivity index (χ3v) is 7.39. The highest BCUT2D eigenvalue weighted by molar-refractivity contribution is 5.71. The van der Waals surface area contributed by atoms with E-state index >= 15 is 0 Å². The normalized spacial score (nSPS) is 25.0. The molecule has 0 aliphatic carbocycles. The number of ether oxygens (including phenoxy) is 8. The number of hydrogen-bond acceptors (Lipinski definition) is 12. The Morgan fingerprint density at radius 3 is 0.878 bits per heavy atom. The summed E-state index contributed by atoms with van der Waals surface area (Å²) < 4.78 is 43.0. The van der Waals surface area contributed by atoms with Crippen molar-refractivity contribution in [1.82, 2.24) is 0 Å². The van der Waals surface area contributed by atoms with Gasteiger partial charge in [-0.25, -0.2) is 0 Å². The van der Waals surface area contributed by atoms with Crippen molar-refractivity contribution in [2.24, 2.45) is 5.41 Å². The van der Waals surface area contributed by atoms with Gasteiger partial charge in [0.05, 0.1) is 50.8 Å². The predicted octanol–water partition coefficient (Wildman–Crippen LogP) is 2.42. The molecule has 232 valence electrons. The van der Waals surface area contributed by atoms with Crippen molar-refractivity contribution in [2.45, 2.75) is 101 Å². The largest absolute Gasteiger partial charge is 0.465 e. The number of epoxide rings is 4. The minimum atomic E-state index is -1.24. The second-order valence-electron chi connectivity index (χ2n) is 11.5. The van der Waals surface area contributed by atoms with Crippen LogP contribution >= 0.6 is 0 Å². The minimum Gasteiger partial charge on any atom is -0.465 e. The molecule has 0 radical (unpaired) electrons. The van der Waals surface area contributed by atoms with Crippen molar-refractivity contribution in [2.75, 3.05) is 52.9 Å². The highest BCUT2D eigenvalue weighted by Crippen LogP contribution is 2.25. The van der Waals surface area contributed by atoms with Gasteiger partial charge in [-0.05, 0) is 51.4 Å². The van der Waals surface area contributed by atoms with Gasteiger partial charge in [-0.1, -0.05) is 0 Å². The molecule has 4 rings (SSSR count). The lowest BCUT2D eigenvalue weighted by Gasteiger charge is -2.31. The standard InChI is InChI=1S/C29H44O12/c30-25(9-1-5-21-13-34-21)38-17-29(18-39-26(31)10-2-6-22-14-35-22,19-40-27(32)11-3-7-23-15-36-23)20-41-28(33)12-4-8-24-16-37-24/h21-24H,1-20H2. The zero-order valence-corrected chi connectivity index (χ0v) is 23.9. The van der Waals surface area contributed by atoms with Crippen molar-refractivity contribution in [3.8, 4) is 0 Å². The molecule has 4 atom stereocenters. The molecule has 4 aliphatic rings. The third kappa shape index (κ3) is 14.4. The Bertz CT molecular complexity index is 718. The van der Waals surface area contributed by atoms with E-state index in [1.165, 1.54) is 0 Å². The van der Waals surface area contributed by atoms with Crippen LogP contribution in [0.3, 0.4) is 0 Å². The molecule has 0 spiro atoms. The summed E-state index contributed by atoms with van der Waals surface area (Å²) in [7, 11) is 0.